The smallest absolute Gasteiger partial charge is 0.258 e. The number of hydrogen-bond donors (Lipinski definition) is 2. The largest absolute Gasteiger partial charge is 0.504 e. The van der Waals surface area contributed by atoms with Gasteiger partial charge in [0.15, 0.2) is 18.1 Å². The van der Waals surface area contributed by atoms with E-state index >= 15 is 0 Å². The molecule has 0 unspecified atom stereocenters. The van der Waals surface area contributed by atoms with Gasteiger partial charge < -0.3 is 15.2 Å². The number of carbonyl (C=O) groups excluding carboxylic acids is 1. The van der Waals surface area contributed by atoms with Crippen LogP contribution in [0, 0.1) is 0 Å². The monoisotopic (exact) mass is 313 g/mol. The van der Waals surface area contributed by atoms with E-state index in [0.717, 1.165) is 10.9 Å². The fraction of sp³-hybridized carbons (Fsp3) is 0.118. The summed E-state index contributed by atoms with van der Waals surface area (Å²) in [6.07, 6.45) is 0. The van der Waals surface area contributed by atoms with Crippen LogP contribution in [0.15, 0.2) is 53.9 Å². The van der Waals surface area contributed by atoms with Gasteiger partial charge in [0.05, 0.1) is 0 Å². The fourth-order valence-electron chi connectivity index (χ4n) is 2.14. The Labute approximate surface area is 132 Å². The fourth-order valence-corrected chi connectivity index (χ4v) is 3.10. The highest BCUT2D eigenvalue weighted by Gasteiger charge is 2.08. The van der Waals surface area contributed by atoms with Crippen LogP contribution in [0.3, 0.4) is 0 Å². The highest BCUT2D eigenvalue weighted by molar-refractivity contribution is 7.17. The molecule has 2 N–H and O–H groups in total. The van der Waals surface area contributed by atoms with Crippen molar-refractivity contribution in [3.8, 4) is 11.5 Å². The lowest BCUT2D eigenvalue weighted by Gasteiger charge is -2.08. The van der Waals surface area contributed by atoms with Crippen molar-refractivity contribution in [2.75, 3.05) is 6.61 Å². The molecule has 0 aliphatic heterocycles. The lowest BCUT2D eigenvalue weighted by molar-refractivity contribution is -0.123. The third-order valence-corrected chi connectivity index (χ3v) is 4.27. The summed E-state index contributed by atoms with van der Waals surface area (Å²) in [7, 11) is 0. The number of benzene rings is 2. The van der Waals surface area contributed by atoms with E-state index in [1.807, 2.05) is 18.2 Å². The number of aromatic hydroxyl groups is 1. The van der Waals surface area contributed by atoms with E-state index in [1.54, 1.807) is 29.5 Å². The molecule has 3 aromatic rings. The first-order valence-electron chi connectivity index (χ1n) is 6.86. The maximum absolute atomic E-state index is 11.8. The number of rotatable bonds is 5. The average Bonchev–Trinajstić information content (AvgIpc) is 2.95. The Morgan fingerprint density at radius 3 is 2.77 bits per heavy atom. The number of fused-ring (bicyclic) bond motifs is 1. The molecule has 112 valence electrons. The van der Waals surface area contributed by atoms with Crippen LogP contribution in [0.4, 0.5) is 0 Å². The van der Waals surface area contributed by atoms with Gasteiger partial charge in [0.25, 0.3) is 5.91 Å². The SMILES string of the molecule is O=C(COc1ccccc1O)NCc1csc2ccccc12. The van der Waals surface area contributed by atoms with Crippen molar-refractivity contribution in [3.05, 3.63) is 59.5 Å². The van der Waals surface area contributed by atoms with Crippen LogP contribution in [0.25, 0.3) is 10.1 Å². The van der Waals surface area contributed by atoms with E-state index in [4.69, 9.17) is 4.74 Å². The van der Waals surface area contributed by atoms with Crippen LogP contribution in [0.2, 0.25) is 0 Å². The van der Waals surface area contributed by atoms with Crippen molar-refractivity contribution in [1.82, 2.24) is 5.32 Å². The maximum Gasteiger partial charge on any atom is 0.258 e. The van der Waals surface area contributed by atoms with Crippen molar-refractivity contribution in [3.63, 3.8) is 0 Å². The first-order valence-corrected chi connectivity index (χ1v) is 7.74. The van der Waals surface area contributed by atoms with Crippen molar-refractivity contribution < 1.29 is 14.6 Å². The molecular formula is C17H15NO3S. The minimum absolute atomic E-state index is 0.0270. The minimum atomic E-state index is -0.224. The summed E-state index contributed by atoms with van der Waals surface area (Å²) in [6, 6.07) is 14.7. The van der Waals surface area contributed by atoms with Gasteiger partial charge in [-0.3, -0.25) is 4.79 Å². The maximum atomic E-state index is 11.8. The second-order valence-electron chi connectivity index (χ2n) is 4.79. The van der Waals surface area contributed by atoms with E-state index in [1.165, 1.54) is 10.8 Å². The van der Waals surface area contributed by atoms with Gasteiger partial charge in [0.2, 0.25) is 0 Å². The molecule has 3 rings (SSSR count). The Morgan fingerprint density at radius 1 is 1.14 bits per heavy atom. The summed E-state index contributed by atoms with van der Waals surface area (Å²) in [5.74, 6) is 0.108. The number of hydrogen-bond acceptors (Lipinski definition) is 4. The third kappa shape index (κ3) is 3.20. The lowest BCUT2D eigenvalue weighted by atomic mass is 10.2. The Kier molecular flexibility index (Phi) is 4.25. The van der Waals surface area contributed by atoms with Crippen molar-refractivity contribution in [2.45, 2.75) is 6.54 Å². The van der Waals surface area contributed by atoms with Crippen molar-refractivity contribution in [2.24, 2.45) is 0 Å². The molecule has 0 atom stereocenters. The second kappa shape index (κ2) is 6.49. The molecule has 4 nitrogen and oxygen atoms in total. The van der Waals surface area contributed by atoms with Crippen molar-refractivity contribution >= 4 is 27.3 Å². The van der Waals surface area contributed by atoms with E-state index in [-0.39, 0.29) is 18.3 Å². The highest BCUT2D eigenvalue weighted by Crippen LogP contribution is 2.26. The lowest BCUT2D eigenvalue weighted by Crippen LogP contribution is -2.28. The predicted octanol–water partition coefficient (Wildman–Crippen LogP) is 3.30. The van der Waals surface area contributed by atoms with Crippen LogP contribution >= 0.6 is 11.3 Å². The summed E-state index contributed by atoms with van der Waals surface area (Å²) >= 11 is 1.66. The van der Waals surface area contributed by atoms with Gasteiger partial charge >= 0.3 is 0 Å². The molecule has 0 saturated heterocycles. The summed E-state index contributed by atoms with van der Waals surface area (Å²) < 4.78 is 6.50. The van der Waals surface area contributed by atoms with Crippen LogP contribution in [-0.4, -0.2) is 17.6 Å². The van der Waals surface area contributed by atoms with Crippen LogP contribution in [-0.2, 0) is 11.3 Å². The predicted molar refractivity (Wildman–Crippen MR) is 87.3 cm³/mol. The number of nitrogens with one attached hydrogen (secondary N) is 1. The number of para-hydroxylation sites is 2. The standard InChI is InChI=1S/C17H15NO3S/c19-14-6-2-3-7-15(14)21-10-17(20)18-9-12-11-22-16-8-4-1-5-13(12)16/h1-8,11,19H,9-10H2,(H,18,20). The molecular weight excluding hydrogens is 298 g/mol. The zero-order valence-electron chi connectivity index (χ0n) is 11.8. The molecule has 5 heteroatoms. The van der Waals surface area contributed by atoms with Crippen LogP contribution < -0.4 is 10.1 Å². The molecule has 0 saturated carbocycles. The van der Waals surface area contributed by atoms with Crippen LogP contribution in [0.1, 0.15) is 5.56 Å². The number of amides is 1. The Hall–Kier alpha value is -2.53. The zero-order chi connectivity index (χ0) is 15.4. The number of phenols is 1. The molecule has 1 amide bonds. The summed E-state index contributed by atoms with van der Waals surface area (Å²) in [4.78, 5) is 11.8. The first kappa shape index (κ1) is 14.4. The molecule has 1 heterocycles. The number of ether oxygens (including phenoxy) is 1. The molecule has 0 bridgehead atoms. The molecule has 0 fully saturated rings. The normalized spacial score (nSPS) is 10.5. The third-order valence-electron chi connectivity index (χ3n) is 3.26. The molecule has 0 spiro atoms. The summed E-state index contributed by atoms with van der Waals surface area (Å²) in [5.41, 5.74) is 1.09. The van der Waals surface area contributed by atoms with Crippen LogP contribution in [0.5, 0.6) is 11.5 Å². The average molecular weight is 313 g/mol. The number of thiophene rings is 1. The van der Waals surface area contributed by atoms with Gasteiger partial charge in [0.1, 0.15) is 0 Å². The van der Waals surface area contributed by atoms with Gasteiger partial charge in [-0.25, -0.2) is 0 Å². The van der Waals surface area contributed by atoms with Gasteiger partial charge in [-0.2, -0.15) is 0 Å². The molecule has 1 aromatic heterocycles. The molecule has 0 aliphatic rings. The second-order valence-corrected chi connectivity index (χ2v) is 5.70. The topological polar surface area (TPSA) is 58.6 Å². The van der Waals surface area contributed by atoms with E-state index in [9.17, 15) is 9.90 Å². The van der Waals surface area contributed by atoms with Gasteiger partial charge in [-0.05, 0) is 34.5 Å². The van der Waals surface area contributed by atoms with Gasteiger partial charge in [-0.1, -0.05) is 30.3 Å². The first-order chi connectivity index (χ1) is 10.7. The Balaban J connectivity index is 1.55. The minimum Gasteiger partial charge on any atom is -0.504 e. The quantitative estimate of drug-likeness (QED) is 0.760. The Bertz CT molecular complexity index is 797. The van der Waals surface area contributed by atoms with Crippen molar-refractivity contribution in [1.29, 1.82) is 0 Å². The zero-order valence-corrected chi connectivity index (χ0v) is 12.6. The molecule has 22 heavy (non-hydrogen) atoms. The molecule has 0 aliphatic carbocycles. The van der Waals surface area contributed by atoms with Gasteiger partial charge in [0, 0.05) is 11.2 Å². The molecule has 0 radical (unpaired) electrons. The number of phenolic OH excluding ortho intramolecular Hbond substituents is 1. The van der Waals surface area contributed by atoms with E-state index in [0.29, 0.717) is 12.3 Å². The Morgan fingerprint density at radius 2 is 1.91 bits per heavy atom. The van der Waals surface area contributed by atoms with E-state index in [2.05, 4.69) is 16.8 Å². The van der Waals surface area contributed by atoms with Gasteiger partial charge in [-0.15, -0.1) is 11.3 Å². The van der Waals surface area contributed by atoms with E-state index < -0.39 is 0 Å². The summed E-state index contributed by atoms with van der Waals surface area (Å²) in [5, 5.41) is 15.6. The number of carbonyl (C=O) groups is 1. The molecule has 2 aromatic carbocycles. The summed E-state index contributed by atoms with van der Waals surface area (Å²) in [6.45, 7) is 0.340. The highest BCUT2D eigenvalue weighted by atomic mass is 32.1.